The van der Waals surface area contributed by atoms with Crippen molar-refractivity contribution < 1.29 is 14.7 Å². The van der Waals surface area contributed by atoms with Gasteiger partial charge < -0.3 is 15.2 Å². The third kappa shape index (κ3) is 4.54. The summed E-state index contributed by atoms with van der Waals surface area (Å²) in [6.07, 6.45) is 1.39. The number of carbonyl (C=O) groups excluding carboxylic acids is 2. The van der Waals surface area contributed by atoms with E-state index in [0.29, 0.717) is 17.0 Å². The average Bonchev–Trinajstić information content (AvgIpc) is 2.55. The van der Waals surface area contributed by atoms with Gasteiger partial charge in [-0.1, -0.05) is 56.3 Å². The Balaban J connectivity index is 2.21. The lowest BCUT2D eigenvalue weighted by Crippen LogP contribution is -2.35. The maximum Gasteiger partial charge on any atom is 0.255 e. The first-order valence-corrected chi connectivity index (χ1v) is 7.37. The third-order valence-corrected chi connectivity index (χ3v) is 3.42. The van der Waals surface area contributed by atoms with Gasteiger partial charge in [-0.05, 0) is 35.3 Å². The van der Waals surface area contributed by atoms with Gasteiger partial charge in [-0.3, -0.25) is 4.79 Å². The molecule has 118 valence electrons. The molecule has 1 amide bonds. The first-order chi connectivity index (χ1) is 11.0. The van der Waals surface area contributed by atoms with E-state index in [1.165, 1.54) is 6.08 Å². The van der Waals surface area contributed by atoms with Gasteiger partial charge in [-0.2, -0.15) is 0 Å². The molecule has 0 aliphatic rings. The highest BCUT2D eigenvalue weighted by atomic mass is 16.4. The Hall–Kier alpha value is -2.88. The molecule has 4 nitrogen and oxygen atoms in total. The van der Waals surface area contributed by atoms with Gasteiger partial charge in [-0.15, -0.1) is 0 Å². The van der Waals surface area contributed by atoms with E-state index in [0.717, 1.165) is 5.56 Å². The van der Waals surface area contributed by atoms with Crippen LogP contribution in [0.5, 0.6) is 0 Å². The molecule has 23 heavy (non-hydrogen) atoms. The Labute approximate surface area is 135 Å². The number of hydrogen-bond donors (Lipinski definition) is 1. The number of benzene rings is 2. The molecule has 0 heterocycles. The van der Waals surface area contributed by atoms with Crippen LogP contribution in [0.3, 0.4) is 0 Å². The fourth-order valence-corrected chi connectivity index (χ4v) is 2.07. The second-order valence-corrected chi connectivity index (χ2v) is 5.49. The van der Waals surface area contributed by atoms with Crippen molar-refractivity contribution in [1.82, 2.24) is 5.32 Å². The minimum Gasteiger partial charge on any atom is -0.543 e. The molecule has 2 aromatic rings. The van der Waals surface area contributed by atoms with Crippen molar-refractivity contribution in [3.8, 4) is 0 Å². The van der Waals surface area contributed by atoms with Crippen molar-refractivity contribution in [3.05, 3.63) is 77.0 Å². The van der Waals surface area contributed by atoms with Crippen molar-refractivity contribution in [3.63, 3.8) is 0 Å². The van der Waals surface area contributed by atoms with Crippen LogP contribution in [0.4, 0.5) is 0 Å². The lowest BCUT2D eigenvalue weighted by molar-refractivity contribution is -0.299. The van der Waals surface area contributed by atoms with Crippen LogP contribution in [0.1, 0.15) is 41.3 Å². The molecule has 2 rings (SSSR count). The van der Waals surface area contributed by atoms with Crippen molar-refractivity contribution in [1.29, 1.82) is 0 Å². The Morgan fingerprint density at radius 2 is 1.61 bits per heavy atom. The summed E-state index contributed by atoms with van der Waals surface area (Å²) >= 11 is 0. The molecular formula is C19H18NO3-. The second-order valence-electron chi connectivity index (χ2n) is 5.49. The summed E-state index contributed by atoms with van der Waals surface area (Å²) in [4.78, 5) is 23.3. The Morgan fingerprint density at radius 3 is 2.13 bits per heavy atom. The summed E-state index contributed by atoms with van der Waals surface area (Å²) in [5.41, 5.74) is 1.96. The molecule has 1 N–H and O–H groups in total. The van der Waals surface area contributed by atoms with E-state index in [1.807, 2.05) is 24.3 Å². The van der Waals surface area contributed by atoms with Crippen LogP contribution in [0.25, 0.3) is 6.08 Å². The monoisotopic (exact) mass is 308 g/mol. The van der Waals surface area contributed by atoms with Crippen molar-refractivity contribution in [2.45, 2.75) is 19.8 Å². The smallest absolute Gasteiger partial charge is 0.255 e. The summed E-state index contributed by atoms with van der Waals surface area (Å²) in [7, 11) is 0. The van der Waals surface area contributed by atoms with Crippen molar-refractivity contribution in [2.75, 3.05) is 0 Å². The minimum absolute atomic E-state index is 0.267. The quantitative estimate of drug-likeness (QED) is 0.862. The van der Waals surface area contributed by atoms with Crippen LogP contribution in [-0.2, 0) is 4.79 Å². The lowest BCUT2D eigenvalue weighted by Gasteiger charge is -2.11. The standard InChI is InChI=1S/C19H19NO3/c1-13(2)15-10-8-14(9-11-15)12-17(19(22)23)20-18(21)16-6-4-3-5-7-16/h3-13H,1-2H3,(H,20,21)(H,22,23)/p-1/b17-12+. The Morgan fingerprint density at radius 1 is 1.00 bits per heavy atom. The highest BCUT2D eigenvalue weighted by molar-refractivity contribution is 6.02. The molecule has 2 aromatic carbocycles. The first kappa shape index (κ1) is 16.5. The molecule has 0 saturated carbocycles. The zero-order chi connectivity index (χ0) is 16.8. The van der Waals surface area contributed by atoms with Crippen LogP contribution >= 0.6 is 0 Å². The van der Waals surface area contributed by atoms with Gasteiger partial charge in [0.25, 0.3) is 5.91 Å². The van der Waals surface area contributed by atoms with Crippen LogP contribution in [0.2, 0.25) is 0 Å². The number of carbonyl (C=O) groups is 2. The number of carboxylic acid groups (broad SMARTS) is 1. The Bertz CT molecular complexity index is 716. The van der Waals surface area contributed by atoms with Gasteiger partial charge >= 0.3 is 0 Å². The molecular weight excluding hydrogens is 290 g/mol. The van der Waals surface area contributed by atoms with Gasteiger partial charge in [0.1, 0.15) is 0 Å². The number of hydrogen-bond acceptors (Lipinski definition) is 3. The first-order valence-electron chi connectivity index (χ1n) is 7.37. The number of carboxylic acids is 1. The van der Waals surface area contributed by atoms with E-state index in [-0.39, 0.29) is 5.70 Å². The number of amides is 1. The van der Waals surface area contributed by atoms with E-state index in [4.69, 9.17) is 0 Å². The molecule has 0 saturated heterocycles. The molecule has 4 heteroatoms. The molecule has 0 aliphatic carbocycles. The van der Waals surface area contributed by atoms with E-state index in [1.54, 1.807) is 30.3 Å². The third-order valence-electron chi connectivity index (χ3n) is 3.42. The summed E-state index contributed by atoms with van der Waals surface area (Å²) in [6.45, 7) is 4.16. The van der Waals surface area contributed by atoms with Gasteiger partial charge in [0.2, 0.25) is 0 Å². The second kappa shape index (κ2) is 7.40. The molecule has 0 bridgehead atoms. The predicted octanol–water partition coefficient (Wildman–Crippen LogP) is 2.33. The van der Waals surface area contributed by atoms with E-state index in [9.17, 15) is 14.7 Å². The maximum absolute atomic E-state index is 12.1. The van der Waals surface area contributed by atoms with Crippen LogP contribution in [0, 0.1) is 0 Å². The molecule has 0 aromatic heterocycles. The molecule has 0 atom stereocenters. The zero-order valence-electron chi connectivity index (χ0n) is 13.1. The molecule has 0 aliphatic heterocycles. The van der Waals surface area contributed by atoms with E-state index < -0.39 is 11.9 Å². The number of aliphatic carboxylic acids is 1. The van der Waals surface area contributed by atoms with Crippen LogP contribution in [-0.4, -0.2) is 11.9 Å². The number of rotatable bonds is 5. The van der Waals surface area contributed by atoms with Gasteiger partial charge in [-0.25, -0.2) is 0 Å². The lowest BCUT2D eigenvalue weighted by atomic mass is 10.0. The maximum atomic E-state index is 12.1. The van der Waals surface area contributed by atoms with Gasteiger partial charge in [0.05, 0.1) is 11.7 Å². The summed E-state index contributed by atoms with van der Waals surface area (Å²) in [5, 5.41) is 13.6. The van der Waals surface area contributed by atoms with E-state index in [2.05, 4.69) is 19.2 Å². The van der Waals surface area contributed by atoms with Gasteiger partial charge in [0.15, 0.2) is 0 Å². The summed E-state index contributed by atoms with van der Waals surface area (Å²) in [5.74, 6) is -1.52. The highest BCUT2D eigenvalue weighted by Crippen LogP contribution is 2.16. The minimum atomic E-state index is -1.43. The Kier molecular flexibility index (Phi) is 5.31. The molecule has 0 fully saturated rings. The number of nitrogens with one attached hydrogen (secondary N) is 1. The van der Waals surface area contributed by atoms with Crippen LogP contribution in [0.15, 0.2) is 60.3 Å². The average molecular weight is 308 g/mol. The van der Waals surface area contributed by atoms with Crippen LogP contribution < -0.4 is 10.4 Å². The summed E-state index contributed by atoms with van der Waals surface area (Å²) in [6, 6.07) is 15.9. The van der Waals surface area contributed by atoms with Crippen molar-refractivity contribution >= 4 is 18.0 Å². The predicted molar refractivity (Wildman–Crippen MR) is 87.4 cm³/mol. The SMILES string of the molecule is CC(C)c1ccc(/C=C(/NC(=O)c2ccccc2)C(=O)[O-])cc1. The largest absolute Gasteiger partial charge is 0.543 e. The normalized spacial score (nSPS) is 11.3. The zero-order valence-corrected chi connectivity index (χ0v) is 13.1. The fraction of sp³-hybridized carbons (Fsp3) is 0.158. The molecule has 0 unspecified atom stereocenters. The fourth-order valence-electron chi connectivity index (χ4n) is 2.07. The molecule has 0 radical (unpaired) electrons. The summed E-state index contributed by atoms with van der Waals surface area (Å²) < 4.78 is 0. The van der Waals surface area contributed by atoms with Gasteiger partial charge in [0, 0.05) is 5.56 Å². The van der Waals surface area contributed by atoms with Crippen molar-refractivity contribution in [2.24, 2.45) is 0 Å². The highest BCUT2D eigenvalue weighted by Gasteiger charge is 2.08. The topological polar surface area (TPSA) is 69.2 Å². The van der Waals surface area contributed by atoms with E-state index >= 15 is 0 Å². The molecule has 0 spiro atoms.